The van der Waals surface area contributed by atoms with Gasteiger partial charge in [-0.15, -0.1) is 0 Å². The molecular formula is C15H10O2. The van der Waals surface area contributed by atoms with Gasteiger partial charge in [-0.25, -0.2) is 0 Å². The van der Waals surface area contributed by atoms with Crippen molar-refractivity contribution in [2.45, 2.75) is 6.42 Å². The Bertz CT molecular complexity index is 738. The van der Waals surface area contributed by atoms with Gasteiger partial charge in [0.05, 0.1) is 5.39 Å². The molecule has 0 saturated carbocycles. The molecule has 0 fully saturated rings. The van der Waals surface area contributed by atoms with Crippen molar-refractivity contribution in [3.05, 3.63) is 53.6 Å². The van der Waals surface area contributed by atoms with Crippen molar-refractivity contribution < 1.29 is 9.52 Å². The van der Waals surface area contributed by atoms with Crippen LogP contribution in [-0.4, -0.2) is 5.11 Å². The van der Waals surface area contributed by atoms with Crippen LogP contribution in [0.5, 0.6) is 5.75 Å². The summed E-state index contributed by atoms with van der Waals surface area (Å²) in [5.41, 5.74) is 4.09. The normalized spacial score (nSPS) is 12.7. The van der Waals surface area contributed by atoms with E-state index in [2.05, 4.69) is 6.07 Å². The van der Waals surface area contributed by atoms with Gasteiger partial charge in [-0.05, 0) is 23.6 Å². The van der Waals surface area contributed by atoms with Gasteiger partial charge in [-0.3, -0.25) is 0 Å². The third-order valence-electron chi connectivity index (χ3n) is 3.42. The lowest BCUT2D eigenvalue weighted by Crippen LogP contribution is -1.90. The molecule has 0 saturated heterocycles. The molecule has 1 aromatic heterocycles. The molecule has 1 aliphatic carbocycles. The van der Waals surface area contributed by atoms with E-state index in [0.717, 1.165) is 28.5 Å². The minimum atomic E-state index is 0.278. The largest absolute Gasteiger partial charge is 0.504 e. The van der Waals surface area contributed by atoms with E-state index in [1.54, 1.807) is 0 Å². The molecule has 2 heteroatoms. The lowest BCUT2D eigenvalue weighted by molar-refractivity contribution is 0.470. The number of aromatic hydroxyl groups is 1. The van der Waals surface area contributed by atoms with Crippen LogP contribution in [0.15, 0.2) is 46.9 Å². The van der Waals surface area contributed by atoms with Crippen LogP contribution in [0.25, 0.3) is 22.3 Å². The molecule has 2 aromatic carbocycles. The van der Waals surface area contributed by atoms with Crippen LogP contribution >= 0.6 is 0 Å². The number of fused-ring (bicyclic) bond motifs is 3. The van der Waals surface area contributed by atoms with Crippen molar-refractivity contribution in [1.29, 1.82) is 0 Å². The molecule has 1 aliphatic rings. The number of hydrogen-bond acceptors (Lipinski definition) is 2. The maximum absolute atomic E-state index is 10.3. The molecule has 3 aromatic rings. The first kappa shape index (κ1) is 8.88. The van der Waals surface area contributed by atoms with Gasteiger partial charge in [0.2, 0.25) is 0 Å². The molecule has 2 nitrogen and oxygen atoms in total. The topological polar surface area (TPSA) is 33.4 Å². The Hall–Kier alpha value is -2.22. The van der Waals surface area contributed by atoms with E-state index in [4.69, 9.17) is 4.42 Å². The Morgan fingerprint density at radius 3 is 2.71 bits per heavy atom. The summed E-state index contributed by atoms with van der Waals surface area (Å²) >= 11 is 0. The minimum absolute atomic E-state index is 0.278. The highest BCUT2D eigenvalue weighted by atomic mass is 16.4. The highest BCUT2D eigenvalue weighted by Gasteiger charge is 2.23. The molecule has 0 aliphatic heterocycles. The lowest BCUT2D eigenvalue weighted by Gasteiger charge is -2.07. The SMILES string of the molecule is Oc1c2oc3cccc(c13)Cc1ccccc1-2. The second kappa shape index (κ2) is 2.92. The third-order valence-corrected chi connectivity index (χ3v) is 3.42. The Kier molecular flexibility index (Phi) is 1.52. The predicted molar refractivity (Wildman–Crippen MR) is 66.1 cm³/mol. The van der Waals surface area contributed by atoms with E-state index < -0.39 is 0 Å². The zero-order chi connectivity index (χ0) is 11.4. The molecular weight excluding hydrogens is 212 g/mol. The van der Waals surface area contributed by atoms with Crippen molar-refractivity contribution in [1.82, 2.24) is 0 Å². The summed E-state index contributed by atoms with van der Waals surface area (Å²) in [6.07, 6.45) is 0.844. The molecule has 2 bridgehead atoms. The Morgan fingerprint density at radius 2 is 1.76 bits per heavy atom. The zero-order valence-electron chi connectivity index (χ0n) is 9.10. The van der Waals surface area contributed by atoms with Crippen LogP contribution in [-0.2, 0) is 6.42 Å². The summed E-state index contributed by atoms with van der Waals surface area (Å²) in [4.78, 5) is 0. The van der Waals surface area contributed by atoms with Crippen LogP contribution in [0.1, 0.15) is 11.1 Å². The van der Waals surface area contributed by atoms with Crippen LogP contribution in [0.2, 0.25) is 0 Å². The molecule has 1 heterocycles. The molecule has 82 valence electrons. The first-order chi connectivity index (χ1) is 8.34. The maximum atomic E-state index is 10.3. The standard InChI is InChI=1S/C15H10O2/c16-14-13-10-5-3-7-12(13)17-15(14)11-6-2-1-4-9(11)8-10/h1-7,16H,8H2. The lowest BCUT2D eigenvalue weighted by atomic mass is 10.00. The molecule has 1 N–H and O–H groups in total. The summed E-state index contributed by atoms with van der Waals surface area (Å²) in [5, 5.41) is 11.1. The van der Waals surface area contributed by atoms with Crippen molar-refractivity contribution in [2.75, 3.05) is 0 Å². The molecule has 0 radical (unpaired) electrons. The van der Waals surface area contributed by atoms with Gasteiger partial charge >= 0.3 is 0 Å². The summed E-state index contributed by atoms with van der Waals surface area (Å²) in [7, 11) is 0. The van der Waals surface area contributed by atoms with Gasteiger partial charge in [-0.1, -0.05) is 36.4 Å². The number of rotatable bonds is 0. The molecule has 0 amide bonds. The predicted octanol–water partition coefficient (Wildman–Crippen LogP) is 3.71. The summed E-state index contributed by atoms with van der Waals surface area (Å²) < 4.78 is 5.76. The molecule has 4 rings (SSSR count). The quantitative estimate of drug-likeness (QED) is 0.492. The average Bonchev–Trinajstić information content (AvgIpc) is 2.62. The van der Waals surface area contributed by atoms with Gasteiger partial charge in [0.25, 0.3) is 0 Å². The van der Waals surface area contributed by atoms with Crippen LogP contribution in [0, 0.1) is 0 Å². The fraction of sp³-hybridized carbons (Fsp3) is 0.0667. The van der Waals surface area contributed by atoms with Crippen LogP contribution in [0.3, 0.4) is 0 Å². The van der Waals surface area contributed by atoms with E-state index in [1.165, 1.54) is 5.56 Å². The monoisotopic (exact) mass is 222 g/mol. The first-order valence-electron chi connectivity index (χ1n) is 5.66. The van der Waals surface area contributed by atoms with E-state index >= 15 is 0 Å². The number of furan rings is 1. The van der Waals surface area contributed by atoms with Crippen molar-refractivity contribution in [3.63, 3.8) is 0 Å². The fourth-order valence-electron chi connectivity index (χ4n) is 2.63. The molecule has 0 unspecified atom stereocenters. The van der Waals surface area contributed by atoms with Crippen LogP contribution in [0.4, 0.5) is 0 Å². The first-order valence-corrected chi connectivity index (χ1v) is 5.66. The fourth-order valence-corrected chi connectivity index (χ4v) is 2.63. The molecule has 17 heavy (non-hydrogen) atoms. The average molecular weight is 222 g/mol. The zero-order valence-corrected chi connectivity index (χ0v) is 9.10. The summed E-state index contributed by atoms with van der Waals surface area (Å²) in [6.45, 7) is 0. The van der Waals surface area contributed by atoms with Crippen molar-refractivity contribution in [3.8, 4) is 17.1 Å². The van der Waals surface area contributed by atoms with Crippen LogP contribution < -0.4 is 0 Å². The van der Waals surface area contributed by atoms with Crippen molar-refractivity contribution >= 4 is 11.0 Å². The van der Waals surface area contributed by atoms with Gasteiger partial charge in [0.1, 0.15) is 5.58 Å². The molecule has 0 atom stereocenters. The second-order valence-electron chi connectivity index (χ2n) is 4.40. The second-order valence-corrected chi connectivity index (χ2v) is 4.40. The highest BCUT2D eigenvalue weighted by molar-refractivity contribution is 5.96. The highest BCUT2D eigenvalue weighted by Crippen LogP contribution is 2.45. The third kappa shape index (κ3) is 1.04. The minimum Gasteiger partial charge on any atom is -0.504 e. The van der Waals surface area contributed by atoms with E-state index in [-0.39, 0.29) is 5.75 Å². The van der Waals surface area contributed by atoms with Gasteiger partial charge in [0.15, 0.2) is 11.5 Å². The van der Waals surface area contributed by atoms with E-state index in [0.29, 0.717) is 5.76 Å². The Morgan fingerprint density at radius 1 is 0.941 bits per heavy atom. The summed E-state index contributed by atoms with van der Waals surface area (Å²) in [5.74, 6) is 0.876. The Labute approximate surface area is 98.1 Å². The van der Waals surface area contributed by atoms with Crippen molar-refractivity contribution in [2.24, 2.45) is 0 Å². The van der Waals surface area contributed by atoms with E-state index in [1.807, 2.05) is 36.4 Å². The van der Waals surface area contributed by atoms with Gasteiger partial charge in [0, 0.05) is 5.56 Å². The summed E-state index contributed by atoms with van der Waals surface area (Å²) in [6, 6.07) is 14.0. The Balaban J connectivity index is 2.23. The van der Waals surface area contributed by atoms with Gasteiger partial charge in [-0.2, -0.15) is 0 Å². The maximum Gasteiger partial charge on any atom is 0.177 e. The van der Waals surface area contributed by atoms with E-state index in [9.17, 15) is 5.11 Å². The number of benzene rings is 2. The van der Waals surface area contributed by atoms with Gasteiger partial charge < -0.3 is 9.52 Å². The molecule has 0 spiro atoms. The number of hydrogen-bond donors (Lipinski definition) is 1. The smallest absolute Gasteiger partial charge is 0.177 e.